The van der Waals surface area contributed by atoms with Gasteiger partial charge in [-0.25, -0.2) is 9.48 Å². The molecule has 0 spiro atoms. The second kappa shape index (κ2) is 9.82. The van der Waals surface area contributed by atoms with Gasteiger partial charge in [0.15, 0.2) is 6.79 Å². The number of hydrogen-bond donors (Lipinski definition) is 2. The number of methoxy groups -OCH3 is 1. The maximum Gasteiger partial charge on any atom is 0.335 e. The molecular formula is C22H22N2O6. The lowest BCUT2D eigenvalue weighted by molar-refractivity contribution is 0.0515. The van der Waals surface area contributed by atoms with Crippen molar-refractivity contribution in [3.63, 3.8) is 0 Å². The van der Waals surface area contributed by atoms with Gasteiger partial charge in [-0.3, -0.25) is 4.79 Å². The smallest absolute Gasteiger partial charge is 0.335 e. The van der Waals surface area contributed by atoms with Crippen molar-refractivity contribution in [3.8, 4) is 17.0 Å². The Kier molecular flexibility index (Phi) is 6.95. The summed E-state index contributed by atoms with van der Waals surface area (Å²) in [4.78, 5) is 23.4. The van der Waals surface area contributed by atoms with Crippen LogP contribution < -0.4 is 10.3 Å². The summed E-state index contributed by atoms with van der Waals surface area (Å²) in [6.45, 7) is 0.186. The fourth-order valence-electron chi connectivity index (χ4n) is 2.97. The molecule has 0 fully saturated rings. The van der Waals surface area contributed by atoms with Gasteiger partial charge in [-0.15, -0.1) is 0 Å². The van der Waals surface area contributed by atoms with E-state index in [0.29, 0.717) is 29.0 Å². The topological polar surface area (TPSA) is 111 Å². The number of rotatable bonds is 9. The van der Waals surface area contributed by atoms with Crippen LogP contribution in [-0.2, 0) is 24.3 Å². The van der Waals surface area contributed by atoms with Crippen molar-refractivity contribution >= 4 is 5.97 Å². The first kappa shape index (κ1) is 21.2. The number of carboxylic acids is 1. The van der Waals surface area contributed by atoms with Crippen LogP contribution in [0, 0.1) is 0 Å². The lowest BCUT2D eigenvalue weighted by atomic mass is 10.1. The molecule has 0 aliphatic heterocycles. The summed E-state index contributed by atoms with van der Waals surface area (Å²) in [6.07, 6.45) is 0.446. The van der Waals surface area contributed by atoms with Crippen molar-refractivity contribution in [3.05, 3.63) is 81.6 Å². The monoisotopic (exact) mass is 410 g/mol. The molecule has 8 heteroatoms. The molecule has 2 aromatic carbocycles. The summed E-state index contributed by atoms with van der Waals surface area (Å²) >= 11 is 0. The first-order chi connectivity index (χ1) is 14.5. The summed E-state index contributed by atoms with van der Waals surface area (Å²) in [7, 11) is 1.51. The van der Waals surface area contributed by atoms with Crippen molar-refractivity contribution in [2.24, 2.45) is 0 Å². The van der Waals surface area contributed by atoms with Gasteiger partial charge in [0.2, 0.25) is 0 Å². The highest BCUT2D eigenvalue weighted by molar-refractivity contribution is 5.87. The van der Waals surface area contributed by atoms with Crippen LogP contribution >= 0.6 is 0 Å². The predicted octanol–water partition coefficient (Wildman–Crippen LogP) is 2.33. The highest BCUT2D eigenvalue weighted by Gasteiger charge is 2.12. The summed E-state index contributed by atoms with van der Waals surface area (Å²) in [5.74, 6) is -0.484. The molecular weight excluding hydrogens is 388 g/mol. The quantitative estimate of drug-likeness (QED) is 0.521. The van der Waals surface area contributed by atoms with Gasteiger partial charge in [0, 0.05) is 25.3 Å². The van der Waals surface area contributed by atoms with Gasteiger partial charge in [0.1, 0.15) is 5.75 Å². The summed E-state index contributed by atoms with van der Waals surface area (Å²) in [6, 6.07) is 14.8. The number of nitrogens with zero attached hydrogens (tertiary/aromatic N) is 2. The number of ether oxygens (including phenoxy) is 2. The average molecular weight is 410 g/mol. The minimum atomic E-state index is -0.999. The molecule has 0 amide bonds. The standard InChI is InChI=1S/C22H22N2O6/c1-29-14-30-20-7-5-16(13-25)12-18(20)19-6-8-21(26)24(23-19)10-9-15-3-2-4-17(11-15)22(27)28/h2-8,11-12,25H,9-10,13-14H2,1H3,(H,27,28). The van der Waals surface area contributed by atoms with E-state index in [1.165, 1.54) is 23.9 Å². The van der Waals surface area contributed by atoms with E-state index in [-0.39, 0.29) is 31.1 Å². The first-order valence-corrected chi connectivity index (χ1v) is 9.28. The van der Waals surface area contributed by atoms with E-state index in [1.807, 2.05) is 6.07 Å². The number of aromatic carboxylic acids is 1. The molecule has 0 bridgehead atoms. The van der Waals surface area contributed by atoms with E-state index in [2.05, 4.69) is 5.10 Å². The fraction of sp³-hybridized carbons (Fsp3) is 0.227. The van der Waals surface area contributed by atoms with Crippen molar-refractivity contribution in [2.45, 2.75) is 19.6 Å². The Hall–Kier alpha value is -3.49. The number of carbonyl (C=O) groups is 1. The molecule has 156 valence electrons. The second-order valence-electron chi connectivity index (χ2n) is 6.57. The molecule has 8 nitrogen and oxygen atoms in total. The Balaban J connectivity index is 1.89. The Labute approximate surface area is 172 Å². The predicted molar refractivity (Wildman–Crippen MR) is 109 cm³/mol. The SMILES string of the molecule is COCOc1ccc(CO)cc1-c1ccc(=O)n(CCc2cccc(C(=O)O)c2)n1. The number of hydrogen-bond acceptors (Lipinski definition) is 6. The molecule has 1 aromatic heterocycles. The minimum Gasteiger partial charge on any atom is -0.478 e. The van der Waals surface area contributed by atoms with E-state index in [9.17, 15) is 14.7 Å². The maximum atomic E-state index is 12.3. The normalized spacial score (nSPS) is 10.7. The Morgan fingerprint density at radius 2 is 1.93 bits per heavy atom. The molecule has 2 N–H and O–H groups in total. The highest BCUT2D eigenvalue weighted by Crippen LogP contribution is 2.29. The lowest BCUT2D eigenvalue weighted by Gasteiger charge is -2.13. The molecule has 3 rings (SSSR count). The molecule has 0 aliphatic rings. The number of aromatic nitrogens is 2. The molecule has 0 atom stereocenters. The third kappa shape index (κ3) is 5.11. The summed E-state index contributed by atoms with van der Waals surface area (Å²) < 4.78 is 11.9. The zero-order valence-corrected chi connectivity index (χ0v) is 16.4. The van der Waals surface area contributed by atoms with E-state index >= 15 is 0 Å². The zero-order valence-electron chi connectivity index (χ0n) is 16.4. The van der Waals surface area contributed by atoms with E-state index in [1.54, 1.807) is 36.4 Å². The molecule has 3 aromatic rings. The Morgan fingerprint density at radius 3 is 2.67 bits per heavy atom. The number of aryl methyl sites for hydroxylation is 2. The fourth-order valence-corrected chi connectivity index (χ4v) is 2.97. The molecule has 0 unspecified atom stereocenters. The van der Waals surface area contributed by atoms with Gasteiger partial charge in [0.25, 0.3) is 5.56 Å². The van der Waals surface area contributed by atoms with Crippen molar-refractivity contribution in [2.75, 3.05) is 13.9 Å². The minimum absolute atomic E-state index is 0.0467. The van der Waals surface area contributed by atoms with Crippen LogP contribution in [0.25, 0.3) is 11.3 Å². The number of aliphatic hydroxyl groups is 1. The highest BCUT2D eigenvalue weighted by atomic mass is 16.7. The number of carboxylic acid groups (broad SMARTS) is 1. The van der Waals surface area contributed by atoms with Crippen LogP contribution in [0.15, 0.2) is 59.4 Å². The molecule has 0 radical (unpaired) electrons. The van der Waals surface area contributed by atoms with Gasteiger partial charge in [0.05, 0.1) is 17.9 Å². The van der Waals surface area contributed by atoms with Crippen LogP contribution in [0.3, 0.4) is 0 Å². The molecule has 30 heavy (non-hydrogen) atoms. The average Bonchev–Trinajstić information content (AvgIpc) is 2.77. The summed E-state index contributed by atoms with van der Waals surface area (Å²) in [5, 5.41) is 23.0. The number of benzene rings is 2. The van der Waals surface area contributed by atoms with Gasteiger partial charge in [-0.1, -0.05) is 18.2 Å². The first-order valence-electron chi connectivity index (χ1n) is 9.28. The van der Waals surface area contributed by atoms with Gasteiger partial charge >= 0.3 is 5.97 Å². The van der Waals surface area contributed by atoms with Gasteiger partial charge in [-0.05, 0) is 47.9 Å². The summed E-state index contributed by atoms with van der Waals surface area (Å²) in [5.41, 5.74) is 2.53. The largest absolute Gasteiger partial charge is 0.478 e. The Bertz CT molecular complexity index is 1090. The van der Waals surface area contributed by atoms with Crippen molar-refractivity contribution in [1.29, 1.82) is 0 Å². The molecule has 0 saturated carbocycles. The van der Waals surface area contributed by atoms with Crippen LogP contribution in [-0.4, -0.2) is 39.9 Å². The zero-order chi connectivity index (χ0) is 21.5. The van der Waals surface area contributed by atoms with Gasteiger partial charge in [-0.2, -0.15) is 5.10 Å². The third-order valence-corrected chi connectivity index (χ3v) is 4.49. The number of aliphatic hydroxyl groups excluding tert-OH is 1. The molecule has 0 aliphatic carbocycles. The van der Waals surface area contributed by atoms with Crippen molar-refractivity contribution in [1.82, 2.24) is 9.78 Å². The van der Waals surface area contributed by atoms with Crippen LogP contribution in [0.4, 0.5) is 0 Å². The van der Waals surface area contributed by atoms with Crippen molar-refractivity contribution < 1.29 is 24.5 Å². The van der Waals surface area contributed by atoms with Crippen LogP contribution in [0.5, 0.6) is 5.75 Å². The van der Waals surface area contributed by atoms with E-state index in [0.717, 1.165) is 5.56 Å². The van der Waals surface area contributed by atoms with Crippen LogP contribution in [0.2, 0.25) is 0 Å². The maximum absolute atomic E-state index is 12.3. The van der Waals surface area contributed by atoms with E-state index < -0.39 is 5.97 Å². The van der Waals surface area contributed by atoms with Crippen LogP contribution in [0.1, 0.15) is 21.5 Å². The second-order valence-corrected chi connectivity index (χ2v) is 6.57. The lowest BCUT2D eigenvalue weighted by Crippen LogP contribution is -2.23. The molecule has 1 heterocycles. The Morgan fingerprint density at radius 1 is 1.10 bits per heavy atom. The van der Waals surface area contributed by atoms with Gasteiger partial charge < -0.3 is 19.7 Å². The third-order valence-electron chi connectivity index (χ3n) is 4.49. The molecule has 0 saturated heterocycles. The van der Waals surface area contributed by atoms with E-state index in [4.69, 9.17) is 14.6 Å².